The molecule has 4 amide bonds. The number of allylic oxidation sites excluding steroid dienone is 1. The summed E-state index contributed by atoms with van der Waals surface area (Å²) in [6.45, 7) is 1.17. The minimum atomic E-state index is -0.999. The van der Waals surface area contributed by atoms with E-state index in [1.54, 1.807) is 6.07 Å². The Bertz CT molecular complexity index is 1900. The van der Waals surface area contributed by atoms with Crippen LogP contribution in [0, 0.1) is 0 Å². The molecule has 7 rings (SSSR count). The predicted molar refractivity (Wildman–Crippen MR) is 173 cm³/mol. The number of rotatable bonds is 11. The van der Waals surface area contributed by atoms with Crippen molar-refractivity contribution in [1.29, 1.82) is 0 Å². The summed E-state index contributed by atoms with van der Waals surface area (Å²) in [5.41, 5.74) is 8.62. The van der Waals surface area contributed by atoms with Gasteiger partial charge in [-0.2, -0.15) is 0 Å². The molecule has 2 aromatic heterocycles. The van der Waals surface area contributed by atoms with Crippen molar-refractivity contribution in [1.82, 2.24) is 20.2 Å². The molecule has 236 valence electrons. The van der Waals surface area contributed by atoms with Gasteiger partial charge in [-0.3, -0.25) is 39.4 Å². The molecule has 0 saturated carbocycles. The van der Waals surface area contributed by atoms with Crippen LogP contribution >= 0.6 is 0 Å². The number of piperidine rings is 1. The van der Waals surface area contributed by atoms with Gasteiger partial charge in [0.25, 0.3) is 11.8 Å². The molecule has 1 fully saturated rings. The number of hydrogen-bond donors (Lipinski definition) is 1. The van der Waals surface area contributed by atoms with Gasteiger partial charge in [0.15, 0.2) is 0 Å². The van der Waals surface area contributed by atoms with Gasteiger partial charge in [0, 0.05) is 49.3 Å². The normalized spacial score (nSPS) is 17.0. The smallest absolute Gasteiger partial charge is 0.262 e. The van der Waals surface area contributed by atoms with Gasteiger partial charge in [-0.15, -0.1) is 0 Å². The highest BCUT2D eigenvalue weighted by atomic mass is 16.5. The van der Waals surface area contributed by atoms with E-state index in [1.165, 1.54) is 34.4 Å². The van der Waals surface area contributed by atoms with Gasteiger partial charge in [-0.05, 0) is 77.4 Å². The van der Waals surface area contributed by atoms with Crippen LogP contribution in [0.25, 0.3) is 22.8 Å². The molecule has 2 aliphatic heterocycles. The summed E-state index contributed by atoms with van der Waals surface area (Å²) in [6.07, 6.45) is 10.6. The summed E-state index contributed by atoms with van der Waals surface area (Å²) in [7, 11) is 0. The zero-order valence-electron chi connectivity index (χ0n) is 25.6. The van der Waals surface area contributed by atoms with Crippen molar-refractivity contribution >= 4 is 35.3 Å². The van der Waals surface area contributed by atoms with Crippen LogP contribution in [0.3, 0.4) is 0 Å². The lowest BCUT2D eigenvalue weighted by molar-refractivity contribution is -0.136. The van der Waals surface area contributed by atoms with Crippen LogP contribution in [0.15, 0.2) is 79.3 Å². The molecule has 3 aliphatic rings. The maximum absolute atomic E-state index is 13.0. The molecule has 1 N–H and O–H groups in total. The molecule has 4 heterocycles. The Hall–Kier alpha value is -5.48. The summed E-state index contributed by atoms with van der Waals surface area (Å²) in [4.78, 5) is 59.4. The Morgan fingerprint density at radius 3 is 2.43 bits per heavy atom. The molecular weight excluding hydrogens is 596 g/mol. The van der Waals surface area contributed by atoms with E-state index >= 15 is 0 Å². The van der Waals surface area contributed by atoms with Crippen molar-refractivity contribution in [2.24, 2.45) is 0 Å². The van der Waals surface area contributed by atoms with E-state index in [-0.39, 0.29) is 30.6 Å². The number of fused-ring (bicyclic) bond motifs is 2. The highest BCUT2D eigenvalue weighted by Gasteiger charge is 2.44. The Labute approximate surface area is 271 Å². The van der Waals surface area contributed by atoms with E-state index in [4.69, 9.17) is 9.47 Å². The zero-order valence-corrected chi connectivity index (χ0v) is 25.6. The van der Waals surface area contributed by atoms with Crippen LogP contribution in [0.1, 0.15) is 62.4 Å². The number of benzene rings is 2. The molecule has 0 bridgehead atoms. The summed E-state index contributed by atoms with van der Waals surface area (Å²) in [5.74, 6) is -1.73. The number of aryl methyl sites for hydroxylation is 1. The van der Waals surface area contributed by atoms with E-state index in [0.717, 1.165) is 41.0 Å². The maximum Gasteiger partial charge on any atom is 0.262 e. The van der Waals surface area contributed by atoms with Crippen molar-refractivity contribution in [3.05, 3.63) is 113 Å². The first-order valence-corrected chi connectivity index (χ1v) is 15.7. The molecule has 10 heteroatoms. The van der Waals surface area contributed by atoms with Crippen LogP contribution < -0.4 is 10.1 Å². The minimum absolute atomic E-state index is 0.0737. The van der Waals surface area contributed by atoms with Gasteiger partial charge < -0.3 is 9.47 Å². The molecule has 1 atom stereocenters. The van der Waals surface area contributed by atoms with Crippen LogP contribution in [-0.4, -0.2) is 64.4 Å². The van der Waals surface area contributed by atoms with Crippen LogP contribution in [-0.2, 0) is 27.2 Å². The number of imide groups is 2. The molecule has 0 radical (unpaired) electrons. The van der Waals surface area contributed by atoms with Gasteiger partial charge >= 0.3 is 0 Å². The Kier molecular flexibility index (Phi) is 8.41. The number of nitrogens with zero attached hydrogens (tertiary/aromatic N) is 3. The van der Waals surface area contributed by atoms with E-state index in [1.807, 2.05) is 18.6 Å². The molecule has 0 spiro atoms. The number of carbonyl (C=O) groups excluding carboxylic acids is 4. The highest BCUT2D eigenvalue weighted by molar-refractivity contribution is 6.23. The second kappa shape index (κ2) is 13.1. The number of hydrogen-bond acceptors (Lipinski definition) is 8. The standard InChI is InChI=1S/C37H32N4O6/c42-34-12-11-33(35(43)40-34)41-36(44)31-10-9-30(20-32(31)37(41)45)47-17-16-46-15-1-2-29-8-7-26(22-39-29)23-3-5-24(6-4-23)27-18-25-13-14-38-21-28(25)19-27/h3-10,13-14,18,20-22,33H,1-2,11-12,15-17,19H2,(H,40,42,43). The topological polar surface area (TPSA) is 128 Å². The van der Waals surface area contributed by atoms with Gasteiger partial charge in [-0.1, -0.05) is 36.4 Å². The average molecular weight is 629 g/mol. The van der Waals surface area contributed by atoms with Crippen molar-refractivity contribution in [2.75, 3.05) is 19.8 Å². The molecule has 10 nitrogen and oxygen atoms in total. The van der Waals surface area contributed by atoms with Crippen molar-refractivity contribution in [2.45, 2.75) is 38.1 Å². The van der Waals surface area contributed by atoms with Crippen LogP contribution in [0.4, 0.5) is 0 Å². The maximum atomic E-state index is 13.0. The van der Waals surface area contributed by atoms with E-state index in [9.17, 15) is 19.2 Å². The quantitative estimate of drug-likeness (QED) is 0.188. The summed E-state index contributed by atoms with van der Waals surface area (Å²) in [6, 6.07) is 18.5. The number of nitrogens with one attached hydrogen (secondary N) is 1. The Balaban J connectivity index is 0.831. The number of carbonyl (C=O) groups is 4. The molecule has 4 aromatic rings. The SMILES string of the molecule is O=C1CCC(N2C(=O)c3ccc(OCCOCCCc4ccc(-c5ccc(C6=Cc7ccncc7C6)cc5)cn4)cc3C2=O)C(=O)N1. The molecule has 2 aromatic carbocycles. The van der Waals surface area contributed by atoms with E-state index in [2.05, 4.69) is 63.8 Å². The number of pyridine rings is 2. The molecule has 1 unspecified atom stereocenters. The molecule has 47 heavy (non-hydrogen) atoms. The van der Waals surface area contributed by atoms with Crippen molar-refractivity contribution in [3.63, 3.8) is 0 Å². The van der Waals surface area contributed by atoms with Crippen molar-refractivity contribution in [3.8, 4) is 16.9 Å². The lowest BCUT2D eigenvalue weighted by Crippen LogP contribution is -2.54. The number of aromatic nitrogens is 2. The second-order valence-electron chi connectivity index (χ2n) is 11.8. The third-order valence-electron chi connectivity index (χ3n) is 8.69. The Morgan fingerprint density at radius 1 is 0.830 bits per heavy atom. The van der Waals surface area contributed by atoms with Gasteiger partial charge in [0.2, 0.25) is 11.8 Å². The summed E-state index contributed by atoms with van der Waals surface area (Å²) in [5, 5.41) is 2.19. The fraction of sp³-hybridized carbons (Fsp3) is 0.243. The summed E-state index contributed by atoms with van der Waals surface area (Å²) >= 11 is 0. The lowest BCUT2D eigenvalue weighted by atomic mass is 10.00. The lowest BCUT2D eigenvalue weighted by Gasteiger charge is -2.27. The molecular formula is C37H32N4O6. The van der Waals surface area contributed by atoms with Crippen LogP contribution in [0.5, 0.6) is 5.75 Å². The fourth-order valence-electron chi connectivity index (χ4n) is 6.19. The second-order valence-corrected chi connectivity index (χ2v) is 11.8. The number of amides is 4. The predicted octanol–water partition coefficient (Wildman–Crippen LogP) is 4.67. The largest absolute Gasteiger partial charge is 0.491 e. The van der Waals surface area contributed by atoms with E-state index < -0.39 is 29.7 Å². The third kappa shape index (κ3) is 6.32. The van der Waals surface area contributed by atoms with Gasteiger partial charge in [-0.25, -0.2) is 0 Å². The average Bonchev–Trinajstić information content (AvgIpc) is 3.63. The first kappa shape index (κ1) is 30.2. The highest BCUT2D eigenvalue weighted by Crippen LogP contribution is 2.32. The Morgan fingerprint density at radius 2 is 1.64 bits per heavy atom. The van der Waals surface area contributed by atoms with Crippen LogP contribution in [0.2, 0.25) is 0 Å². The number of ether oxygens (including phenoxy) is 2. The fourth-order valence-corrected chi connectivity index (χ4v) is 6.19. The first-order chi connectivity index (χ1) is 22.9. The summed E-state index contributed by atoms with van der Waals surface area (Å²) < 4.78 is 11.5. The first-order valence-electron chi connectivity index (χ1n) is 15.7. The molecule has 1 aliphatic carbocycles. The van der Waals surface area contributed by atoms with E-state index in [0.29, 0.717) is 19.0 Å². The zero-order chi connectivity index (χ0) is 32.3. The third-order valence-corrected chi connectivity index (χ3v) is 8.69. The van der Waals surface area contributed by atoms with Gasteiger partial charge in [0.1, 0.15) is 18.4 Å². The molecule has 1 saturated heterocycles. The van der Waals surface area contributed by atoms with Crippen molar-refractivity contribution < 1.29 is 28.7 Å². The minimum Gasteiger partial charge on any atom is -0.491 e. The van der Waals surface area contributed by atoms with Gasteiger partial charge in [0.05, 0.1) is 17.7 Å². The monoisotopic (exact) mass is 628 g/mol.